The summed E-state index contributed by atoms with van der Waals surface area (Å²) in [5.41, 5.74) is 0. The molecule has 1 rings (SSSR count). The lowest BCUT2D eigenvalue weighted by Gasteiger charge is -2.19. The molecule has 0 fully saturated rings. The average Bonchev–Trinajstić information content (AvgIpc) is 2.34. The maximum Gasteiger partial charge on any atom is 0.110 e. The first kappa shape index (κ1) is 13.5. The fourth-order valence-electron chi connectivity index (χ4n) is 1.54. The summed E-state index contributed by atoms with van der Waals surface area (Å²) in [7, 11) is 1.68. The minimum absolute atomic E-state index is 0.347. The van der Waals surface area contributed by atoms with Crippen molar-refractivity contribution < 1.29 is 14.2 Å². The van der Waals surface area contributed by atoms with Crippen LogP contribution in [0.2, 0.25) is 0 Å². The second kappa shape index (κ2) is 9.63. The van der Waals surface area contributed by atoms with Gasteiger partial charge in [-0.3, -0.25) is 0 Å². The summed E-state index contributed by atoms with van der Waals surface area (Å²) in [6.45, 7) is 4.07. The Labute approximate surface area is 97.9 Å². The van der Waals surface area contributed by atoms with Crippen LogP contribution in [0.4, 0.5) is 0 Å². The van der Waals surface area contributed by atoms with Crippen molar-refractivity contribution in [2.24, 2.45) is 0 Å². The Balaban J connectivity index is 1.79. The van der Waals surface area contributed by atoms with Gasteiger partial charge in [0.1, 0.15) is 6.10 Å². The molecule has 0 aromatic carbocycles. The molecule has 1 atom stereocenters. The Kier molecular flexibility index (Phi) is 8.12. The van der Waals surface area contributed by atoms with Gasteiger partial charge in [-0.15, -0.1) is 0 Å². The fourth-order valence-corrected chi connectivity index (χ4v) is 1.54. The zero-order valence-electron chi connectivity index (χ0n) is 10.1. The summed E-state index contributed by atoms with van der Waals surface area (Å²) >= 11 is 0. The van der Waals surface area contributed by atoms with E-state index in [1.165, 1.54) is 0 Å². The molecule has 0 aromatic heterocycles. The van der Waals surface area contributed by atoms with E-state index in [9.17, 15) is 0 Å². The Morgan fingerprint density at radius 2 is 2.31 bits per heavy atom. The van der Waals surface area contributed by atoms with Crippen LogP contribution in [0.3, 0.4) is 0 Å². The van der Waals surface area contributed by atoms with Gasteiger partial charge in [0.05, 0.1) is 19.5 Å². The van der Waals surface area contributed by atoms with E-state index in [0.717, 1.165) is 39.0 Å². The summed E-state index contributed by atoms with van der Waals surface area (Å²) in [6.07, 6.45) is 7.51. The maximum absolute atomic E-state index is 5.45. The minimum Gasteiger partial charge on any atom is -0.497 e. The van der Waals surface area contributed by atoms with Gasteiger partial charge in [0.2, 0.25) is 0 Å². The van der Waals surface area contributed by atoms with Crippen molar-refractivity contribution in [2.75, 3.05) is 40.0 Å². The lowest BCUT2D eigenvalue weighted by molar-refractivity contribution is 0.0686. The van der Waals surface area contributed by atoms with Gasteiger partial charge < -0.3 is 19.5 Å². The highest BCUT2D eigenvalue weighted by molar-refractivity contribution is 4.82. The van der Waals surface area contributed by atoms with E-state index in [-0.39, 0.29) is 0 Å². The van der Waals surface area contributed by atoms with Gasteiger partial charge in [-0.05, 0) is 31.9 Å². The molecule has 4 nitrogen and oxygen atoms in total. The van der Waals surface area contributed by atoms with E-state index in [0.29, 0.717) is 19.3 Å². The lowest BCUT2D eigenvalue weighted by Crippen LogP contribution is -2.30. The predicted octanol–water partition coefficient (Wildman–Crippen LogP) is 1.32. The van der Waals surface area contributed by atoms with E-state index < -0.39 is 0 Å². The Hall–Kier alpha value is -0.580. The SMILES string of the molecule is COCCOCCCNCC1CCC=CO1. The number of hydrogen-bond acceptors (Lipinski definition) is 4. The molecule has 16 heavy (non-hydrogen) atoms. The Morgan fingerprint density at radius 1 is 1.38 bits per heavy atom. The van der Waals surface area contributed by atoms with Crippen LogP contribution in [0.5, 0.6) is 0 Å². The number of methoxy groups -OCH3 is 1. The summed E-state index contributed by atoms with van der Waals surface area (Å²) in [5.74, 6) is 0. The first-order chi connectivity index (χ1) is 7.93. The van der Waals surface area contributed by atoms with Gasteiger partial charge in [-0.1, -0.05) is 0 Å². The largest absolute Gasteiger partial charge is 0.497 e. The molecule has 1 heterocycles. The highest BCUT2D eigenvalue weighted by Gasteiger charge is 2.09. The van der Waals surface area contributed by atoms with Crippen molar-refractivity contribution in [3.8, 4) is 0 Å². The van der Waals surface area contributed by atoms with Crippen LogP contribution in [0, 0.1) is 0 Å². The molecule has 1 aliphatic rings. The van der Waals surface area contributed by atoms with Crippen LogP contribution in [-0.4, -0.2) is 46.1 Å². The molecule has 4 heteroatoms. The van der Waals surface area contributed by atoms with Crippen LogP contribution in [0.25, 0.3) is 0 Å². The van der Waals surface area contributed by atoms with E-state index in [2.05, 4.69) is 11.4 Å². The molecule has 1 aliphatic heterocycles. The van der Waals surface area contributed by atoms with E-state index in [4.69, 9.17) is 14.2 Å². The molecule has 0 aliphatic carbocycles. The molecule has 94 valence electrons. The molecule has 0 saturated heterocycles. The predicted molar refractivity (Wildman–Crippen MR) is 63.4 cm³/mol. The molecule has 1 N–H and O–H groups in total. The first-order valence-electron chi connectivity index (χ1n) is 6.01. The monoisotopic (exact) mass is 229 g/mol. The topological polar surface area (TPSA) is 39.7 Å². The number of hydrogen-bond donors (Lipinski definition) is 1. The summed E-state index contributed by atoms with van der Waals surface area (Å²) in [6, 6.07) is 0. The molecule has 0 bridgehead atoms. The first-order valence-corrected chi connectivity index (χ1v) is 6.01. The van der Waals surface area contributed by atoms with Crippen LogP contribution < -0.4 is 5.32 Å². The van der Waals surface area contributed by atoms with Gasteiger partial charge in [0, 0.05) is 20.3 Å². The van der Waals surface area contributed by atoms with Gasteiger partial charge in [0.25, 0.3) is 0 Å². The summed E-state index contributed by atoms with van der Waals surface area (Å²) in [4.78, 5) is 0. The number of nitrogens with one attached hydrogen (secondary N) is 1. The maximum atomic E-state index is 5.45. The third kappa shape index (κ3) is 6.82. The van der Waals surface area contributed by atoms with E-state index in [1.54, 1.807) is 7.11 Å². The summed E-state index contributed by atoms with van der Waals surface area (Å²) < 4.78 is 15.7. The average molecular weight is 229 g/mol. The third-order valence-corrected chi connectivity index (χ3v) is 2.47. The van der Waals surface area contributed by atoms with E-state index >= 15 is 0 Å². The smallest absolute Gasteiger partial charge is 0.110 e. The Bertz CT molecular complexity index is 185. The molecular weight excluding hydrogens is 206 g/mol. The lowest BCUT2D eigenvalue weighted by atomic mass is 10.1. The van der Waals surface area contributed by atoms with E-state index in [1.807, 2.05) is 6.26 Å². The highest BCUT2D eigenvalue weighted by Crippen LogP contribution is 2.08. The molecule has 0 saturated carbocycles. The van der Waals surface area contributed by atoms with Crippen molar-refractivity contribution >= 4 is 0 Å². The molecular formula is C12H23NO3. The zero-order chi connectivity index (χ0) is 11.5. The molecule has 0 radical (unpaired) electrons. The third-order valence-electron chi connectivity index (χ3n) is 2.47. The number of allylic oxidation sites excluding steroid dienone is 1. The fraction of sp³-hybridized carbons (Fsp3) is 0.833. The van der Waals surface area contributed by atoms with Crippen molar-refractivity contribution in [1.82, 2.24) is 5.32 Å². The van der Waals surface area contributed by atoms with Crippen molar-refractivity contribution in [3.63, 3.8) is 0 Å². The van der Waals surface area contributed by atoms with Crippen molar-refractivity contribution in [2.45, 2.75) is 25.4 Å². The van der Waals surface area contributed by atoms with Crippen LogP contribution in [0.1, 0.15) is 19.3 Å². The second-order valence-corrected chi connectivity index (χ2v) is 3.87. The number of ether oxygens (including phenoxy) is 3. The normalized spacial score (nSPS) is 19.7. The standard InChI is InChI=1S/C12H23NO3/c1-14-9-10-15-7-4-6-13-11-12-5-2-3-8-16-12/h3,8,12-13H,2,4-7,9-11H2,1H3. The van der Waals surface area contributed by atoms with Crippen LogP contribution >= 0.6 is 0 Å². The molecule has 0 spiro atoms. The Morgan fingerprint density at radius 3 is 3.06 bits per heavy atom. The quantitative estimate of drug-likeness (QED) is 0.605. The molecule has 1 unspecified atom stereocenters. The highest BCUT2D eigenvalue weighted by atomic mass is 16.5. The second-order valence-electron chi connectivity index (χ2n) is 3.87. The minimum atomic E-state index is 0.347. The number of rotatable bonds is 9. The molecule has 0 aromatic rings. The van der Waals surface area contributed by atoms with Crippen molar-refractivity contribution in [3.05, 3.63) is 12.3 Å². The van der Waals surface area contributed by atoms with Gasteiger partial charge in [0.15, 0.2) is 0 Å². The molecule has 0 amide bonds. The zero-order valence-corrected chi connectivity index (χ0v) is 10.1. The van der Waals surface area contributed by atoms with Gasteiger partial charge in [-0.2, -0.15) is 0 Å². The summed E-state index contributed by atoms with van der Waals surface area (Å²) in [5, 5.41) is 3.38. The van der Waals surface area contributed by atoms with Crippen LogP contribution in [-0.2, 0) is 14.2 Å². The van der Waals surface area contributed by atoms with Gasteiger partial charge in [-0.25, -0.2) is 0 Å². The van der Waals surface area contributed by atoms with Gasteiger partial charge >= 0.3 is 0 Å². The van der Waals surface area contributed by atoms with Crippen molar-refractivity contribution in [1.29, 1.82) is 0 Å². The van der Waals surface area contributed by atoms with Crippen LogP contribution in [0.15, 0.2) is 12.3 Å².